The molecule has 0 atom stereocenters. The predicted molar refractivity (Wildman–Crippen MR) is 151 cm³/mol. The molecule has 186 valence electrons. The maximum atomic E-state index is 13.1. The second-order valence-corrected chi connectivity index (χ2v) is 9.61. The van der Waals surface area contributed by atoms with E-state index in [2.05, 4.69) is 51.6 Å². The van der Waals surface area contributed by atoms with Crippen LogP contribution in [0.3, 0.4) is 0 Å². The number of rotatable bonds is 11. The minimum atomic E-state index is -0.308. The lowest BCUT2D eigenvalue weighted by Gasteiger charge is -2.20. The van der Waals surface area contributed by atoms with E-state index >= 15 is 0 Å². The van der Waals surface area contributed by atoms with Crippen LogP contribution in [0.5, 0.6) is 0 Å². The van der Waals surface area contributed by atoms with Gasteiger partial charge in [-0.05, 0) is 56.6 Å². The Kier molecular flexibility index (Phi) is 8.46. The molecule has 4 rings (SSSR count). The first-order valence-corrected chi connectivity index (χ1v) is 13.3. The van der Waals surface area contributed by atoms with Crippen LogP contribution < -0.4 is 5.32 Å². The third-order valence-corrected chi connectivity index (χ3v) is 6.87. The van der Waals surface area contributed by atoms with Gasteiger partial charge < -0.3 is 5.32 Å². The molecule has 0 spiro atoms. The zero-order valence-corrected chi connectivity index (χ0v) is 22.0. The SMILES string of the molecule is C=CC(=Nc1ccccc1C)C(=O)Nc1ccccc1-c1cn2c(CN(CCC)CCC)csc2n1. The number of hydrogen-bond acceptors (Lipinski definition) is 5. The fourth-order valence-corrected chi connectivity index (χ4v) is 5.08. The van der Waals surface area contributed by atoms with Crippen LogP contribution in [-0.4, -0.2) is 39.0 Å². The molecule has 1 N–H and O–H groups in total. The lowest BCUT2D eigenvalue weighted by atomic mass is 10.1. The van der Waals surface area contributed by atoms with E-state index in [-0.39, 0.29) is 11.6 Å². The van der Waals surface area contributed by atoms with Gasteiger partial charge in [0, 0.05) is 29.4 Å². The van der Waals surface area contributed by atoms with E-state index in [4.69, 9.17) is 4.98 Å². The number of amides is 1. The monoisotopic (exact) mass is 499 g/mol. The number of para-hydroxylation sites is 2. The molecule has 0 saturated heterocycles. The second-order valence-electron chi connectivity index (χ2n) is 8.77. The quantitative estimate of drug-likeness (QED) is 0.229. The predicted octanol–water partition coefficient (Wildman–Crippen LogP) is 6.89. The molecule has 0 saturated carbocycles. The standard InChI is InChI=1S/C29H33N5OS/c1-5-16-33(17-6-2)18-22-20-36-29-32-27(19-34(22)29)23-13-9-11-15-26(23)31-28(35)24(7-3)30-25-14-10-8-12-21(25)4/h7-15,19-20H,3,5-6,16-18H2,1-2,4H3,(H,31,35). The molecule has 0 bridgehead atoms. The van der Waals surface area contributed by atoms with E-state index in [9.17, 15) is 4.79 Å². The van der Waals surface area contributed by atoms with Crippen LogP contribution in [0.25, 0.3) is 16.2 Å². The van der Waals surface area contributed by atoms with Crippen molar-refractivity contribution in [1.82, 2.24) is 14.3 Å². The summed E-state index contributed by atoms with van der Waals surface area (Å²) >= 11 is 1.64. The summed E-state index contributed by atoms with van der Waals surface area (Å²) in [5, 5.41) is 5.21. The summed E-state index contributed by atoms with van der Waals surface area (Å²) in [4.78, 5) is 26.0. The summed E-state index contributed by atoms with van der Waals surface area (Å²) in [6, 6.07) is 15.4. The Labute approximate surface area is 217 Å². The van der Waals surface area contributed by atoms with Gasteiger partial charge in [0.15, 0.2) is 4.96 Å². The Morgan fingerprint density at radius 1 is 1.14 bits per heavy atom. The Balaban J connectivity index is 1.60. The summed E-state index contributed by atoms with van der Waals surface area (Å²) in [5.74, 6) is -0.308. The lowest BCUT2D eigenvalue weighted by Crippen LogP contribution is -2.25. The highest BCUT2D eigenvalue weighted by molar-refractivity contribution is 7.15. The molecule has 2 aromatic carbocycles. The lowest BCUT2D eigenvalue weighted by molar-refractivity contribution is -0.110. The molecule has 0 aliphatic carbocycles. The molecule has 2 heterocycles. The van der Waals surface area contributed by atoms with E-state index in [0.29, 0.717) is 5.69 Å². The molecule has 0 radical (unpaired) electrons. The third-order valence-electron chi connectivity index (χ3n) is 5.98. The summed E-state index contributed by atoms with van der Waals surface area (Å²) in [6.45, 7) is 13.3. The molecule has 1 amide bonds. The van der Waals surface area contributed by atoms with E-state index < -0.39 is 0 Å². The molecule has 0 fully saturated rings. The van der Waals surface area contributed by atoms with Crippen LogP contribution in [0.4, 0.5) is 11.4 Å². The number of fused-ring (bicyclic) bond motifs is 1. The number of aromatic nitrogens is 2. The van der Waals surface area contributed by atoms with Gasteiger partial charge in [-0.3, -0.25) is 14.1 Å². The Morgan fingerprint density at radius 2 is 1.86 bits per heavy atom. The van der Waals surface area contributed by atoms with Gasteiger partial charge in [-0.2, -0.15) is 0 Å². The van der Waals surface area contributed by atoms with Gasteiger partial charge >= 0.3 is 0 Å². The number of carbonyl (C=O) groups excluding carboxylic acids is 1. The minimum Gasteiger partial charge on any atom is -0.320 e. The van der Waals surface area contributed by atoms with Crippen LogP contribution in [0, 0.1) is 6.92 Å². The normalized spacial score (nSPS) is 11.8. The molecule has 0 aliphatic heterocycles. The van der Waals surface area contributed by atoms with E-state index in [0.717, 1.165) is 59.9 Å². The molecule has 7 heteroatoms. The Bertz CT molecular complexity index is 1380. The van der Waals surface area contributed by atoms with Crippen LogP contribution in [0.2, 0.25) is 0 Å². The van der Waals surface area contributed by atoms with Crippen molar-refractivity contribution in [3.63, 3.8) is 0 Å². The van der Waals surface area contributed by atoms with Gasteiger partial charge in [0.25, 0.3) is 5.91 Å². The summed E-state index contributed by atoms with van der Waals surface area (Å²) in [5.41, 5.74) is 5.62. The first kappa shape index (κ1) is 25.5. The number of imidazole rings is 1. The molecule has 6 nitrogen and oxygen atoms in total. The van der Waals surface area contributed by atoms with Crippen molar-refractivity contribution in [2.75, 3.05) is 18.4 Å². The van der Waals surface area contributed by atoms with Crippen molar-refractivity contribution >= 4 is 39.3 Å². The van der Waals surface area contributed by atoms with Crippen molar-refractivity contribution in [2.45, 2.75) is 40.2 Å². The summed E-state index contributed by atoms with van der Waals surface area (Å²) in [7, 11) is 0. The maximum absolute atomic E-state index is 13.1. The summed E-state index contributed by atoms with van der Waals surface area (Å²) < 4.78 is 2.17. The average Bonchev–Trinajstić information content (AvgIpc) is 3.46. The number of hydrogen-bond donors (Lipinski definition) is 1. The van der Waals surface area contributed by atoms with Crippen molar-refractivity contribution in [3.05, 3.63) is 84.0 Å². The number of nitrogens with one attached hydrogen (secondary N) is 1. The van der Waals surface area contributed by atoms with Crippen molar-refractivity contribution in [3.8, 4) is 11.3 Å². The molecule has 2 aromatic heterocycles. The highest BCUT2D eigenvalue weighted by Crippen LogP contribution is 2.30. The van der Waals surface area contributed by atoms with Crippen LogP contribution >= 0.6 is 11.3 Å². The fraction of sp³-hybridized carbons (Fsp3) is 0.276. The number of anilines is 1. The molecule has 0 aliphatic rings. The zero-order valence-electron chi connectivity index (χ0n) is 21.2. The van der Waals surface area contributed by atoms with Gasteiger partial charge in [0.2, 0.25) is 0 Å². The van der Waals surface area contributed by atoms with Crippen molar-refractivity contribution in [2.24, 2.45) is 4.99 Å². The molecular weight excluding hydrogens is 466 g/mol. The molecule has 36 heavy (non-hydrogen) atoms. The minimum absolute atomic E-state index is 0.263. The Morgan fingerprint density at radius 3 is 2.58 bits per heavy atom. The Hall–Kier alpha value is -3.55. The topological polar surface area (TPSA) is 62.0 Å². The maximum Gasteiger partial charge on any atom is 0.274 e. The van der Waals surface area contributed by atoms with E-state index in [1.165, 1.54) is 11.8 Å². The number of carbonyl (C=O) groups is 1. The molecule has 4 aromatic rings. The van der Waals surface area contributed by atoms with E-state index in [1.807, 2.05) is 55.5 Å². The summed E-state index contributed by atoms with van der Waals surface area (Å²) in [6.07, 6.45) is 5.82. The third kappa shape index (κ3) is 5.80. The van der Waals surface area contributed by atoms with Gasteiger partial charge in [0.1, 0.15) is 5.71 Å². The number of aliphatic imine (C=N–C) groups is 1. The first-order valence-electron chi connectivity index (χ1n) is 12.4. The van der Waals surface area contributed by atoms with Crippen LogP contribution in [0.1, 0.15) is 37.9 Å². The van der Waals surface area contributed by atoms with Crippen molar-refractivity contribution in [1.29, 1.82) is 0 Å². The average molecular weight is 500 g/mol. The van der Waals surface area contributed by atoms with Crippen LogP contribution in [-0.2, 0) is 11.3 Å². The molecular formula is C29H33N5OS. The smallest absolute Gasteiger partial charge is 0.274 e. The number of nitrogens with zero attached hydrogens (tertiary/aromatic N) is 4. The first-order chi connectivity index (χ1) is 17.5. The zero-order chi connectivity index (χ0) is 25.5. The highest BCUT2D eigenvalue weighted by Gasteiger charge is 2.17. The number of aryl methyl sites for hydroxylation is 1. The van der Waals surface area contributed by atoms with Gasteiger partial charge in [-0.1, -0.05) is 56.8 Å². The molecule has 0 unspecified atom stereocenters. The van der Waals surface area contributed by atoms with Gasteiger partial charge in [-0.15, -0.1) is 11.3 Å². The number of benzene rings is 2. The highest BCUT2D eigenvalue weighted by atomic mass is 32.1. The van der Waals surface area contributed by atoms with Gasteiger partial charge in [0.05, 0.1) is 17.1 Å². The fourth-order valence-electron chi connectivity index (χ4n) is 4.21. The number of thiazole rings is 1. The largest absolute Gasteiger partial charge is 0.320 e. The second kappa shape index (κ2) is 11.9. The van der Waals surface area contributed by atoms with Crippen molar-refractivity contribution < 1.29 is 4.79 Å². The van der Waals surface area contributed by atoms with Crippen LogP contribution in [0.15, 0.2) is 77.8 Å². The van der Waals surface area contributed by atoms with Gasteiger partial charge in [-0.25, -0.2) is 9.98 Å². The van der Waals surface area contributed by atoms with E-state index in [1.54, 1.807) is 11.3 Å².